The van der Waals surface area contributed by atoms with Crippen LogP contribution in [0.25, 0.3) is 0 Å². The maximum absolute atomic E-state index is 13.4. The van der Waals surface area contributed by atoms with Gasteiger partial charge in [-0.3, -0.25) is 4.79 Å². The third-order valence-electron chi connectivity index (χ3n) is 2.59. The molecule has 0 aliphatic heterocycles. The number of amides is 1. The number of thioether (sulfide) groups is 1. The van der Waals surface area contributed by atoms with Gasteiger partial charge in [-0.25, -0.2) is 8.78 Å². The molecule has 0 fully saturated rings. The fraction of sp³-hybridized carbons (Fsp3) is 0.133. The lowest BCUT2D eigenvalue weighted by Gasteiger charge is -2.06. The van der Waals surface area contributed by atoms with Crippen molar-refractivity contribution in [1.82, 2.24) is 0 Å². The van der Waals surface area contributed by atoms with E-state index in [4.69, 9.17) is 0 Å². The van der Waals surface area contributed by atoms with Crippen LogP contribution in [0.1, 0.15) is 5.56 Å². The average molecular weight is 293 g/mol. The number of carbonyl (C=O) groups excluding carboxylic acids is 1. The summed E-state index contributed by atoms with van der Waals surface area (Å²) in [6.45, 7) is 1.96. The van der Waals surface area contributed by atoms with E-state index in [1.807, 2.05) is 19.1 Å². The first-order valence-electron chi connectivity index (χ1n) is 5.99. The van der Waals surface area contributed by atoms with Gasteiger partial charge in [0.1, 0.15) is 11.6 Å². The monoisotopic (exact) mass is 293 g/mol. The molecule has 0 saturated carbocycles. The van der Waals surface area contributed by atoms with Crippen molar-refractivity contribution in [2.45, 2.75) is 11.8 Å². The van der Waals surface area contributed by atoms with Crippen LogP contribution in [0.15, 0.2) is 47.4 Å². The largest absolute Gasteiger partial charge is 0.325 e. The van der Waals surface area contributed by atoms with E-state index in [1.54, 1.807) is 12.1 Å². The predicted octanol–water partition coefficient (Wildman–Crippen LogP) is 4.00. The number of nitrogens with one attached hydrogen (secondary N) is 1. The van der Waals surface area contributed by atoms with Crippen molar-refractivity contribution < 1.29 is 13.6 Å². The summed E-state index contributed by atoms with van der Waals surface area (Å²) in [6, 6.07) is 10.7. The first kappa shape index (κ1) is 14.5. The summed E-state index contributed by atoms with van der Waals surface area (Å²) in [7, 11) is 0. The average Bonchev–Trinajstić information content (AvgIpc) is 2.40. The number of benzene rings is 2. The molecule has 2 nitrogen and oxygen atoms in total. The molecule has 104 valence electrons. The van der Waals surface area contributed by atoms with Crippen LogP contribution in [0.2, 0.25) is 0 Å². The van der Waals surface area contributed by atoms with Crippen LogP contribution in [0.3, 0.4) is 0 Å². The minimum atomic E-state index is -0.655. The molecule has 0 aliphatic rings. The molecule has 1 N–H and O–H groups in total. The molecule has 0 atom stereocenters. The van der Waals surface area contributed by atoms with Crippen LogP contribution >= 0.6 is 11.8 Å². The Bertz CT molecular complexity index is 614. The summed E-state index contributed by atoms with van der Waals surface area (Å²) >= 11 is 1.03. The maximum atomic E-state index is 13.4. The third-order valence-corrected chi connectivity index (χ3v) is 3.64. The molecule has 0 saturated heterocycles. The zero-order valence-electron chi connectivity index (χ0n) is 10.8. The molecule has 0 aliphatic carbocycles. The van der Waals surface area contributed by atoms with E-state index in [0.29, 0.717) is 5.69 Å². The zero-order valence-corrected chi connectivity index (χ0v) is 11.6. The standard InChI is InChI=1S/C15H13F2NOS/c1-10-2-5-12(6-3-10)18-15(19)9-20-14-7-4-11(16)8-13(14)17/h2-8H,9H2,1H3,(H,18,19). The number of rotatable bonds is 4. The Hall–Kier alpha value is -1.88. The summed E-state index contributed by atoms with van der Waals surface area (Å²) in [6.07, 6.45) is 0. The van der Waals surface area contributed by atoms with Crippen LogP contribution in [-0.4, -0.2) is 11.7 Å². The fourth-order valence-corrected chi connectivity index (χ4v) is 2.29. The van der Waals surface area contributed by atoms with Crippen molar-refractivity contribution in [3.8, 4) is 0 Å². The second-order valence-electron chi connectivity index (χ2n) is 4.28. The fourth-order valence-electron chi connectivity index (χ4n) is 1.57. The van der Waals surface area contributed by atoms with Crippen LogP contribution < -0.4 is 5.32 Å². The summed E-state index contributed by atoms with van der Waals surface area (Å²) in [5.41, 5.74) is 1.80. The lowest BCUT2D eigenvalue weighted by atomic mass is 10.2. The summed E-state index contributed by atoms with van der Waals surface area (Å²) in [5.74, 6) is -1.45. The van der Waals surface area contributed by atoms with Gasteiger partial charge in [0.15, 0.2) is 0 Å². The van der Waals surface area contributed by atoms with Crippen molar-refractivity contribution in [3.63, 3.8) is 0 Å². The van der Waals surface area contributed by atoms with Gasteiger partial charge < -0.3 is 5.32 Å². The van der Waals surface area contributed by atoms with Gasteiger partial charge in [0.05, 0.1) is 5.75 Å². The topological polar surface area (TPSA) is 29.1 Å². The summed E-state index contributed by atoms with van der Waals surface area (Å²) < 4.78 is 26.1. The molecule has 0 unspecified atom stereocenters. The molecule has 2 aromatic carbocycles. The van der Waals surface area contributed by atoms with Gasteiger partial charge in [0, 0.05) is 16.6 Å². The van der Waals surface area contributed by atoms with E-state index >= 15 is 0 Å². The lowest BCUT2D eigenvalue weighted by Crippen LogP contribution is -2.14. The first-order chi connectivity index (χ1) is 9.54. The first-order valence-corrected chi connectivity index (χ1v) is 6.97. The molecule has 0 heterocycles. The number of anilines is 1. The highest BCUT2D eigenvalue weighted by Crippen LogP contribution is 2.22. The van der Waals surface area contributed by atoms with Crippen LogP contribution in [-0.2, 0) is 4.79 Å². The Morgan fingerprint density at radius 2 is 1.85 bits per heavy atom. The van der Waals surface area contributed by atoms with Gasteiger partial charge in [-0.15, -0.1) is 11.8 Å². The molecule has 0 aromatic heterocycles. The summed E-state index contributed by atoms with van der Waals surface area (Å²) in [4.78, 5) is 12.0. The van der Waals surface area contributed by atoms with E-state index in [1.165, 1.54) is 12.1 Å². The van der Waals surface area contributed by atoms with Crippen LogP contribution in [0.5, 0.6) is 0 Å². The SMILES string of the molecule is Cc1ccc(NC(=O)CSc2ccc(F)cc2F)cc1. The maximum Gasteiger partial charge on any atom is 0.234 e. The van der Waals surface area contributed by atoms with E-state index in [0.717, 1.165) is 23.4 Å². The molecule has 2 rings (SSSR count). The molecule has 20 heavy (non-hydrogen) atoms. The van der Waals surface area contributed by atoms with Crippen molar-refractivity contribution in [3.05, 3.63) is 59.7 Å². The minimum Gasteiger partial charge on any atom is -0.325 e. The van der Waals surface area contributed by atoms with Crippen LogP contribution in [0.4, 0.5) is 14.5 Å². The molecule has 1 amide bonds. The van der Waals surface area contributed by atoms with E-state index in [9.17, 15) is 13.6 Å². The third kappa shape index (κ3) is 4.06. The van der Waals surface area contributed by atoms with Crippen molar-refractivity contribution >= 4 is 23.4 Å². The van der Waals surface area contributed by atoms with Crippen LogP contribution in [0, 0.1) is 18.6 Å². The number of carbonyl (C=O) groups is 1. The Kier molecular flexibility index (Phi) is 4.74. The molecule has 0 bridgehead atoms. The minimum absolute atomic E-state index is 0.0659. The van der Waals surface area contributed by atoms with Gasteiger partial charge in [0.2, 0.25) is 5.91 Å². The molecule has 5 heteroatoms. The number of hydrogen-bond acceptors (Lipinski definition) is 2. The Balaban J connectivity index is 1.90. The van der Waals surface area contributed by atoms with Gasteiger partial charge in [-0.05, 0) is 31.2 Å². The van der Waals surface area contributed by atoms with Crippen molar-refractivity contribution in [2.24, 2.45) is 0 Å². The zero-order chi connectivity index (χ0) is 14.5. The lowest BCUT2D eigenvalue weighted by molar-refractivity contribution is -0.113. The van der Waals surface area contributed by atoms with Gasteiger partial charge in [-0.2, -0.15) is 0 Å². The second-order valence-corrected chi connectivity index (χ2v) is 5.29. The van der Waals surface area contributed by atoms with Crippen molar-refractivity contribution in [2.75, 3.05) is 11.1 Å². The Labute approximate surface area is 120 Å². The van der Waals surface area contributed by atoms with E-state index < -0.39 is 11.6 Å². The smallest absolute Gasteiger partial charge is 0.234 e. The van der Waals surface area contributed by atoms with Gasteiger partial charge in [-0.1, -0.05) is 17.7 Å². The summed E-state index contributed by atoms with van der Waals surface area (Å²) in [5, 5.41) is 2.71. The molecular weight excluding hydrogens is 280 g/mol. The van der Waals surface area contributed by atoms with Crippen molar-refractivity contribution in [1.29, 1.82) is 0 Å². The predicted molar refractivity (Wildman–Crippen MR) is 76.9 cm³/mol. The van der Waals surface area contributed by atoms with E-state index in [2.05, 4.69) is 5.32 Å². The number of halogens is 2. The Morgan fingerprint density at radius 1 is 1.15 bits per heavy atom. The number of hydrogen-bond donors (Lipinski definition) is 1. The highest BCUT2D eigenvalue weighted by molar-refractivity contribution is 8.00. The highest BCUT2D eigenvalue weighted by Gasteiger charge is 2.08. The normalized spacial score (nSPS) is 10.3. The second kappa shape index (κ2) is 6.52. The quantitative estimate of drug-likeness (QED) is 0.863. The van der Waals surface area contributed by atoms with Gasteiger partial charge in [0.25, 0.3) is 0 Å². The Morgan fingerprint density at radius 3 is 2.50 bits per heavy atom. The molecule has 2 aromatic rings. The van der Waals surface area contributed by atoms with E-state index in [-0.39, 0.29) is 16.6 Å². The highest BCUT2D eigenvalue weighted by atomic mass is 32.2. The number of aryl methyl sites for hydroxylation is 1. The molecule has 0 radical (unpaired) electrons. The van der Waals surface area contributed by atoms with Gasteiger partial charge >= 0.3 is 0 Å². The molecule has 0 spiro atoms. The molecular formula is C15H13F2NOS.